The van der Waals surface area contributed by atoms with Gasteiger partial charge in [0.2, 0.25) is 0 Å². The number of carbonyl (C=O) groups is 1. The fourth-order valence-corrected chi connectivity index (χ4v) is 2.50. The minimum Gasteiger partial charge on any atom is -0.392 e. The summed E-state index contributed by atoms with van der Waals surface area (Å²) in [6.45, 7) is 0.522. The maximum Gasteiger partial charge on any atom is 0.315 e. The minimum atomic E-state index is -0.0960. The first kappa shape index (κ1) is 13.9. The van der Waals surface area contributed by atoms with Crippen molar-refractivity contribution < 1.29 is 9.90 Å². The second-order valence-corrected chi connectivity index (χ2v) is 5.14. The standard InChI is InChI=1S/C15H22N2O2/c18-11-13-6-4-5-12(9-13)10-16-15(19)17-14-7-2-1-3-8-14/h4-6,9,14,18H,1-3,7-8,10-11H2,(H2,16,17,19). The van der Waals surface area contributed by atoms with E-state index in [1.54, 1.807) is 0 Å². The van der Waals surface area contributed by atoms with Crippen molar-refractivity contribution in [1.82, 2.24) is 10.6 Å². The Bertz CT molecular complexity index is 414. The van der Waals surface area contributed by atoms with Crippen LogP contribution in [-0.4, -0.2) is 17.2 Å². The van der Waals surface area contributed by atoms with Gasteiger partial charge in [-0.05, 0) is 24.0 Å². The SMILES string of the molecule is O=C(NCc1cccc(CO)c1)NC1CCCCC1. The van der Waals surface area contributed by atoms with E-state index < -0.39 is 0 Å². The van der Waals surface area contributed by atoms with Crippen molar-refractivity contribution in [3.63, 3.8) is 0 Å². The number of benzene rings is 1. The first-order chi connectivity index (χ1) is 9.28. The summed E-state index contributed by atoms with van der Waals surface area (Å²) >= 11 is 0. The largest absolute Gasteiger partial charge is 0.392 e. The molecule has 0 heterocycles. The summed E-state index contributed by atoms with van der Waals surface area (Å²) in [4.78, 5) is 11.8. The molecule has 19 heavy (non-hydrogen) atoms. The number of urea groups is 1. The van der Waals surface area contributed by atoms with Gasteiger partial charge in [0.05, 0.1) is 6.61 Å². The summed E-state index contributed by atoms with van der Waals surface area (Å²) < 4.78 is 0. The Morgan fingerprint density at radius 1 is 1.21 bits per heavy atom. The van der Waals surface area contributed by atoms with Gasteiger partial charge in [-0.1, -0.05) is 43.5 Å². The van der Waals surface area contributed by atoms with Gasteiger partial charge in [0.25, 0.3) is 0 Å². The number of nitrogens with one attached hydrogen (secondary N) is 2. The number of carbonyl (C=O) groups excluding carboxylic acids is 1. The Balaban J connectivity index is 1.76. The van der Waals surface area contributed by atoms with Crippen LogP contribution in [0.1, 0.15) is 43.2 Å². The smallest absolute Gasteiger partial charge is 0.315 e. The highest BCUT2D eigenvalue weighted by molar-refractivity contribution is 5.74. The third kappa shape index (κ3) is 4.56. The molecule has 1 aliphatic carbocycles. The summed E-state index contributed by atoms with van der Waals surface area (Å²) in [5.41, 5.74) is 1.87. The molecule has 1 aliphatic rings. The highest BCUT2D eigenvalue weighted by Crippen LogP contribution is 2.17. The van der Waals surface area contributed by atoms with Crippen LogP contribution in [0.5, 0.6) is 0 Å². The first-order valence-corrected chi connectivity index (χ1v) is 7.01. The summed E-state index contributed by atoms with van der Waals surface area (Å²) in [7, 11) is 0. The van der Waals surface area contributed by atoms with Crippen molar-refractivity contribution in [1.29, 1.82) is 0 Å². The molecule has 2 rings (SSSR count). The lowest BCUT2D eigenvalue weighted by atomic mass is 9.96. The second kappa shape index (κ2) is 7.14. The summed E-state index contributed by atoms with van der Waals surface area (Å²) in [5.74, 6) is 0. The predicted octanol–water partition coefficient (Wildman–Crippen LogP) is 2.31. The minimum absolute atomic E-state index is 0.0299. The molecule has 0 atom stereocenters. The number of aliphatic hydroxyl groups excluding tert-OH is 1. The number of rotatable bonds is 4. The molecule has 2 amide bonds. The van der Waals surface area contributed by atoms with Crippen LogP contribution >= 0.6 is 0 Å². The van der Waals surface area contributed by atoms with Gasteiger partial charge >= 0.3 is 6.03 Å². The Hall–Kier alpha value is -1.55. The van der Waals surface area contributed by atoms with E-state index in [1.165, 1.54) is 19.3 Å². The van der Waals surface area contributed by atoms with Crippen LogP contribution in [0.25, 0.3) is 0 Å². The number of amides is 2. The van der Waals surface area contributed by atoms with Crippen molar-refractivity contribution in [2.24, 2.45) is 0 Å². The molecule has 1 saturated carbocycles. The number of hydrogen-bond acceptors (Lipinski definition) is 2. The van der Waals surface area contributed by atoms with E-state index in [0.29, 0.717) is 12.6 Å². The van der Waals surface area contributed by atoms with Gasteiger partial charge < -0.3 is 15.7 Å². The van der Waals surface area contributed by atoms with Crippen LogP contribution in [-0.2, 0) is 13.2 Å². The summed E-state index contributed by atoms with van der Waals surface area (Å²) in [6.07, 6.45) is 5.89. The number of hydrogen-bond donors (Lipinski definition) is 3. The molecule has 104 valence electrons. The first-order valence-electron chi connectivity index (χ1n) is 7.01. The van der Waals surface area contributed by atoms with E-state index in [9.17, 15) is 4.79 Å². The van der Waals surface area contributed by atoms with E-state index in [2.05, 4.69) is 10.6 Å². The van der Waals surface area contributed by atoms with Gasteiger partial charge in [-0.2, -0.15) is 0 Å². The summed E-state index contributed by atoms with van der Waals surface area (Å²) in [6, 6.07) is 7.84. The van der Waals surface area contributed by atoms with Crippen molar-refractivity contribution in [3.8, 4) is 0 Å². The molecule has 0 radical (unpaired) electrons. The molecular weight excluding hydrogens is 240 g/mol. The fourth-order valence-electron chi connectivity index (χ4n) is 2.50. The van der Waals surface area contributed by atoms with Crippen molar-refractivity contribution in [3.05, 3.63) is 35.4 Å². The van der Waals surface area contributed by atoms with Crippen molar-refractivity contribution >= 4 is 6.03 Å². The lowest BCUT2D eigenvalue weighted by Gasteiger charge is -2.22. The predicted molar refractivity (Wildman–Crippen MR) is 74.6 cm³/mol. The molecule has 0 unspecified atom stereocenters. The molecule has 0 aromatic heterocycles. The molecule has 1 fully saturated rings. The zero-order chi connectivity index (χ0) is 13.5. The van der Waals surface area contributed by atoms with Gasteiger partial charge in [-0.25, -0.2) is 4.79 Å². The Morgan fingerprint density at radius 3 is 2.68 bits per heavy atom. The molecule has 0 bridgehead atoms. The van der Waals surface area contributed by atoms with Crippen molar-refractivity contribution in [2.45, 2.75) is 51.3 Å². The maximum absolute atomic E-state index is 11.8. The second-order valence-electron chi connectivity index (χ2n) is 5.14. The Morgan fingerprint density at radius 2 is 1.95 bits per heavy atom. The lowest BCUT2D eigenvalue weighted by molar-refractivity contribution is 0.232. The maximum atomic E-state index is 11.8. The third-order valence-corrected chi connectivity index (χ3v) is 3.57. The average molecular weight is 262 g/mol. The van der Waals surface area contributed by atoms with E-state index in [0.717, 1.165) is 24.0 Å². The molecule has 1 aromatic rings. The number of aliphatic hydroxyl groups is 1. The van der Waals surface area contributed by atoms with Crippen LogP contribution in [0.3, 0.4) is 0 Å². The highest BCUT2D eigenvalue weighted by atomic mass is 16.3. The zero-order valence-corrected chi connectivity index (χ0v) is 11.2. The molecule has 1 aromatic carbocycles. The molecular formula is C15H22N2O2. The highest BCUT2D eigenvalue weighted by Gasteiger charge is 2.15. The van der Waals surface area contributed by atoms with Crippen molar-refractivity contribution in [2.75, 3.05) is 0 Å². The van der Waals surface area contributed by atoms with Crippen LogP contribution < -0.4 is 10.6 Å². The molecule has 0 aliphatic heterocycles. The quantitative estimate of drug-likeness (QED) is 0.779. The van der Waals surface area contributed by atoms with Gasteiger partial charge in [-0.3, -0.25) is 0 Å². The zero-order valence-electron chi connectivity index (χ0n) is 11.2. The third-order valence-electron chi connectivity index (χ3n) is 3.57. The van der Waals surface area contributed by atoms with Gasteiger partial charge in [-0.15, -0.1) is 0 Å². The van der Waals surface area contributed by atoms with Crippen LogP contribution in [0.4, 0.5) is 4.79 Å². The van der Waals surface area contributed by atoms with Gasteiger partial charge in [0.1, 0.15) is 0 Å². The van der Waals surface area contributed by atoms with E-state index in [1.807, 2.05) is 24.3 Å². The van der Waals surface area contributed by atoms with Crippen LogP contribution in [0.15, 0.2) is 24.3 Å². The summed E-state index contributed by atoms with van der Waals surface area (Å²) in [5, 5.41) is 14.9. The fraction of sp³-hybridized carbons (Fsp3) is 0.533. The monoisotopic (exact) mass is 262 g/mol. The van der Waals surface area contributed by atoms with E-state index >= 15 is 0 Å². The Kier molecular flexibility index (Phi) is 5.21. The molecule has 0 saturated heterocycles. The van der Waals surface area contributed by atoms with E-state index in [4.69, 9.17) is 5.11 Å². The lowest BCUT2D eigenvalue weighted by Crippen LogP contribution is -2.42. The molecule has 0 spiro atoms. The van der Waals surface area contributed by atoms with Crippen LogP contribution in [0.2, 0.25) is 0 Å². The Labute approximate surface area is 114 Å². The molecule has 3 N–H and O–H groups in total. The van der Waals surface area contributed by atoms with Crippen LogP contribution in [0, 0.1) is 0 Å². The molecule has 4 nitrogen and oxygen atoms in total. The van der Waals surface area contributed by atoms with Gasteiger partial charge in [0.15, 0.2) is 0 Å². The van der Waals surface area contributed by atoms with E-state index in [-0.39, 0.29) is 12.6 Å². The topological polar surface area (TPSA) is 61.4 Å². The molecule has 4 heteroatoms. The average Bonchev–Trinajstić information content (AvgIpc) is 2.46. The normalized spacial score (nSPS) is 16.1. The van der Waals surface area contributed by atoms with Gasteiger partial charge in [0, 0.05) is 12.6 Å².